The van der Waals surface area contributed by atoms with Crippen LogP contribution in [0.2, 0.25) is 0 Å². The van der Waals surface area contributed by atoms with E-state index in [-0.39, 0.29) is 5.88 Å². The van der Waals surface area contributed by atoms with E-state index in [4.69, 9.17) is 0 Å². The molecule has 0 aliphatic carbocycles. The number of hydrogen-bond acceptors (Lipinski definition) is 4. The Bertz CT molecular complexity index is 624. The van der Waals surface area contributed by atoms with Crippen molar-refractivity contribution in [3.8, 4) is 5.88 Å². The van der Waals surface area contributed by atoms with Gasteiger partial charge >= 0.3 is 0 Å². The first kappa shape index (κ1) is 12.7. The fraction of sp³-hybridized carbons (Fsp3) is 0.429. The molecule has 0 saturated carbocycles. The van der Waals surface area contributed by atoms with E-state index in [2.05, 4.69) is 30.8 Å². The first-order valence-corrected chi connectivity index (χ1v) is 7.36. The molecule has 3 rings (SSSR count). The Balaban J connectivity index is 2.13. The van der Waals surface area contributed by atoms with E-state index in [1.165, 1.54) is 6.42 Å². The van der Waals surface area contributed by atoms with Gasteiger partial charge in [-0.05, 0) is 59.8 Å². The largest absolute Gasteiger partial charge is 0.493 e. The van der Waals surface area contributed by atoms with Crippen LogP contribution < -0.4 is 4.90 Å². The van der Waals surface area contributed by atoms with E-state index in [0.717, 1.165) is 41.5 Å². The second kappa shape index (κ2) is 4.96. The maximum atomic E-state index is 10.1. The lowest BCUT2D eigenvalue weighted by Crippen LogP contribution is -2.30. The van der Waals surface area contributed by atoms with Crippen LogP contribution in [0.15, 0.2) is 16.6 Å². The highest BCUT2D eigenvalue weighted by molar-refractivity contribution is 9.10. The highest BCUT2D eigenvalue weighted by Crippen LogP contribution is 2.31. The number of benzene rings is 1. The number of halogens is 1. The van der Waals surface area contributed by atoms with Crippen molar-refractivity contribution in [2.75, 3.05) is 18.0 Å². The predicted octanol–water partition coefficient (Wildman–Crippen LogP) is 3.40. The van der Waals surface area contributed by atoms with Crippen molar-refractivity contribution in [1.82, 2.24) is 9.97 Å². The Kier molecular flexibility index (Phi) is 3.31. The number of aromatic nitrogens is 2. The van der Waals surface area contributed by atoms with Gasteiger partial charge in [-0.1, -0.05) is 0 Å². The molecule has 0 amide bonds. The van der Waals surface area contributed by atoms with Gasteiger partial charge in [0.1, 0.15) is 0 Å². The molecule has 1 fully saturated rings. The van der Waals surface area contributed by atoms with Gasteiger partial charge < -0.3 is 10.0 Å². The van der Waals surface area contributed by atoms with E-state index in [1.54, 1.807) is 0 Å². The summed E-state index contributed by atoms with van der Waals surface area (Å²) in [5.41, 5.74) is 1.85. The standard InChI is InChI=1S/C14H16BrN3O/c1-9-7-10-12(11(15)8-9)16-14(17-13(10)19)18-5-3-2-4-6-18/h7-8H,2-6H2,1H3,(H,16,17,19). The van der Waals surface area contributed by atoms with Crippen LogP contribution >= 0.6 is 15.9 Å². The van der Waals surface area contributed by atoms with Crippen LogP contribution in [0.1, 0.15) is 24.8 Å². The number of piperidine rings is 1. The molecule has 19 heavy (non-hydrogen) atoms. The molecule has 1 aliphatic rings. The number of hydrogen-bond donors (Lipinski definition) is 1. The Morgan fingerprint density at radius 3 is 2.63 bits per heavy atom. The third-order valence-electron chi connectivity index (χ3n) is 3.51. The summed E-state index contributed by atoms with van der Waals surface area (Å²) >= 11 is 3.52. The summed E-state index contributed by atoms with van der Waals surface area (Å²) < 4.78 is 0.901. The van der Waals surface area contributed by atoms with Gasteiger partial charge in [0.25, 0.3) is 0 Å². The van der Waals surface area contributed by atoms with E-state index in [0.29, 0.717) is 11.3 Å². The van der Waals surface area contributed by atoms with Gasteiger partial charge in [-0.3, -0.25) is 0 Å². The minimum Gasteiger partial charge on any atom is -0.493 e. The smallest absolute Gasteiger partial charge is 0.229 e. The molecule has 0 spiro atoms. The van der Waals surface area contributed by atoms with Crippen molar-refractivity contribution < 1.29 is 5.11 Å². The lowest BCUT2D eigenvalue weighted by molar-refractivity contribution is 0.457. The molecule has 1 aliphatic heterocycles. The molecule has 0 atom stereocenters. The Labute approximate surface area is 120 Å². The average Bonchev–Trinajstić information content (AvgIpc) is 2.41. The van der Waals surface area contributed by atoms with Gasteiger partial charge in [0.05, 0.1) is 10.9 Å². The molecular formula is C14H16BrN3O. The van der Waals surface area contributed by atoms with E-state index < -0.39 is 0 Å². The number of rotatable bonds is 1. The van der Waals surface area contributed by atoms with Crippen molar-refractivity contribution in [1.29, 1.82) is 0 Å². The molecule has 1 aromatic heterocycles. The highest BCUT2D eigenvalue weighted by atomic mass is 79.9. The van der Waals surface area contributed by atoms with Crippen LogP contribution in [0.3, 0.4) is 0 Å². The van der Waals surface area contributed by atoms with Crippen LogP contribution in [-0.4, -0.2) is 28.2 Å². The summed E-state index contributed by atoms with van der Waals surface area (Å²) in [5.74, 6) is 0.698. The zero-order valence-electron chi connectivity index (χ0n) is 10.9. The molecule has 2 aromatic rings. The van der Waals surface area contributed by atoms with Gasteiger partial charge in [-0.2, -0.15) is 4.98 Å². The van der Waals surface area contributed by atoms with Crippen LogP contribution in [0.25, 0.3) is 10.9 Å². The van der Waals surface area contributed by atoms with Crippen LogP contribution in [0.4, 0.5) is 5.95 Å². The minimum absolute atomic E-state index is 0.0648. The average molecular weight is 322 g/mol. The molecule has 1 saturated heterocycles. The fourth-order valence-electron chi connectivity index (χ4n) is 2.53. The van der Waals surface area contributed by atoms with E-state index >= 15 is 0 Å². The lowest BCUT2D eigenvalue weighted by Gasteiger charge is -2.26. The second-order valence-corrected chi connectivity index (χ2v) is 5.89. The van der Waals surface area contributed by atoms with Gasteiger partial charge in [0.2, 0.25) is 11.8 Å². The summed E-state index contributed by atoms with van der Waals surface area (Å²) in [5, 5.41) is 10.8. The van der Waals surface area contributed by atoms with Crippen molar-refractivity contribution in [3.63, 3.8) is 0 Å². The summed E-state index contributed by atoms with van der Waals surface area (Å²) in [4.78, 5) is 11.0. The maximum Gasteiger partial charge on any atom is 0.229 e. The van der Waals surface area contributed by atoms with Crippen molar-refractivity contribution in [3.05, 3.63) is 22.2 Å². The normalized spacial score (nSPS) is 16.0. The van der Waals surface area contributed by atoms with Crippen LogP contribution in [-0.2, 0) is 0 Å². The Morgan fingerprint density at radius 2 is 1.89 bits per heavy atom. The first-order valence-electron chi connectivity index (χ1n) is 6.57. The highest BCUT2D eigenvalue weighted by Gasteiger charge is 2.17. The molecule has 0 radical (unpaired) electrons. The third kappa shape index (κ3) is 2.39. The monoisotopic (exact) mass is 321 g/mol. The second-order valence-electron chi connectivity index (χ2n) is 5.04. The summed E-state index contributed by atoms with van der Waals surface area (Å²) in [7, 11) is 0. The molecule has 1 N–H and O–H groups in total. The number of fused-ring (bicyclic) bond motifs is 1. The molecular weight excluding hydrogens is 306 g/mol. The summed E-state index contributed by atoms with van der Waals surface area (Å²) in [6.07, 6.45) is 3.59. The number of nitrogens with zero attached hydrogens (tertiary/aromatic N) is 3. The Morgan fingerprint density at radius 1 is 1.16 bits per heavy atom. The van der Waals surface area contributed by atoms with Gasteiger partial charge in [-0.25, -0.2) is 4.98 Å². The molecule has 1 aromatic carbocycles. The van der Waals surface area contributed by atoms with Crippen LogP contribution in [0, 0.1) is 6.92 Å². The topological polar surface area (TPSA) is 49.2 Å². The van der Waals surface area contributed by atoms with Crippen molar-refractivity contribution in [2.24, 2.45) is 0 Å². The Hall–Kier alpha value is -1.36. The first-order chi connectivity index (χ1) is 9.15. The number of aryl methyl sites for hydroxylation is 1. The minimum atomic E-state index is 0.0648. The molecule has 0 unspecified atom stereocenters. The third-order valence-corrected chi connectivity index (χ3v) is 4.11. The fourth-order valence-corrected chi connectivity index (χ4v) is 3.20. The van der Waals surface area contributed by atoms with Gasteiger partial charge in [-0.15, -0.1) is 0 Å². The van der Waals surface area contributed by atoms with Crippen molar-refractivity contribution >= 4 is 32.8 Å². The predicted molar refractivity (Wildman–Crippen MR) is 79.7 cm³/mol. The van der Waals surface area contributed by atoms with E-state index in [1.807, 2.05) is 19.1 Å². The molecule has 5 heteroatoms. The molecule has 4 nitrogen and oxygen atoms in total. The van der Waals surface area contributed by atoms with Crippen molar-refractivity contribution in [2.45, 2.75) is 26.2 Å². The summed E-state index contributed by atoms with van der Waals surface area (Å²) in [6.45, 7) is 3.92. The zero-order chi connectivity index (χ0) is 13.4. The van der Waals surface area contributed by atoms with E-state index in [9.17, 15) is 5.11 Å². The van der Waals surface area contributed by atoms with Gasteiger partial charge in [0, 0.05) is 17.6 Å². The van der Waals surface area contributed by atoms with Crippen LogP contribution in [0.5, 0.6) is 5.88 Å². The quantitative estimate of drug-likeness (QED) is 0.874. The van der Waals surface area contributed by atoms with Gasteiger partial charge in [0.15, 0.2) is 0 Å². The maximum absolute atomic E-state index is 10.1. The zero-order valence-corrected chi connectivity index (χ0v) is 12.4. The summed E-state index contributed by atoms with van der Waals surface area (Å²) in [6, 6.07) is 3.92. The lowest BCUT2D eigenvalue weighted by atomic mass is 10.1. The molecule has 2 heterocycles. The number of anilines is 1. The molecule has 100 valence electrons. The SMILES string of the molecule is Cc1cc(Br)c2nc(N3CCCCC3)nc(O)c2c1. The number of aromatic hydroxyl groups is 1. The molecule has 0 bridgehead atoms.